The van der Waals surface area contributed by atoms with Crippen LogP contribution in [0.3, 0.4) is 0 Å². The number of urea groups is 1. The minimum Gasteiger partial charge on any atom is -0.481 e. The van der Waals surface area contributed by atoms with E-state index in [2.05, 4.69) is 5.32 Å². The predicted octanol–water partition coefficient (Wildman–Crippen LogP) is 5.45. The molecule has 9 heteroatoms. The maximum absolute atomic E-state index is 13.4. The number of hydrogen-bond acceptors (Lipinski definition) is 5. The molecule has 1 aliphatic heterocycles. The van der Waals surface area contributed by atoms with E-state index in [0.29, 0.717) is 22.2 Å². The molecule has 0 bridgehead atoms. The summed E-state index contributed by atoms with van der Waals surface area (Å²) in [4.78, 5) is 40.1. The molecule has 0 aromatic heterocycles. The predicted molar refractivity (Wildman–Crippen MR) is 136 cm³/mol. The smallest absolute Gasteiger partial charge is 0.328 e. The van der Waals surface area contributed by atoms with Crippen LogP contribution in [-0.4, -0.2) is 45.5 Å². The highest BCUT2D eigenvalue weighted by Gasteiger charge is 2.40. The number of halogens is 1. The Morgan fingerprint density at radius 1 is 1.03 bits per heavy atom. The van der Waals surface area contributed by atoms with Crippen LogP contribution in [0.4, 0.5) is 10.5 Å². The van der Waals surface area contributed by atoms with Crippen LogP contribution < -0.4 is 10.1 Å². The van der Waals surface area contributed by atoms with Gasteiger partial charge in [0.2, 0.25) is 5.91 Å². The molecular weight excluding hydrogens is 482 g/mol. The van der Waals surface area contributed by atoms with E-state index in [9.17, 15) is 19.5 Å². The van der Waals surface area contributed by atoms with Gasteiger partial charge in [-0.3, -0.25) is 19.4 Å². The number of carboxylic acids is 1. The number of nitrogens with one attached hydrogen (secondary N) is 1. The van der Waals surface area contributed by atoms with Gasteiger partial charge in [0, 0.05) is 23.8 Å². The lowest BCUT2D eigenvalue weighted by Crippen LogP contribution is -2.59. The molecule has 0 aliphatic carbocycles. The van der Waals surface area contributed by atoms with Gasteiger partial charge in [-0.1, -0.05) is 48.9 Å². The molecular formula is C27H26ClN3O5. The number of carbonyl (C=O) groups is 3. The van der Waals surface area contributed by atoms with Gasteiger partial charge in [-0.2, -0.15) is 0 Å². The molecule has 1 fully saturated rings. The first-order valence-electron chi connectivity index (χ1n) is 11.5. The molecule has 0 saturated carbocycles. The van der Waals surface area contributed by atoms with Crippen molar-refractivity contribution in [1.29, 1.82) is 0 Å². The summed E-state index contributed by atoms with van der Waals surface area (Å²) >= 11 is 6.00. The Kier molecular flexibility index (Phi) is 7.75. The lowest BCUT2D eigenvalue weighted by atomic mass is 10.1. The molecule has 2 atom stereocenters. The van der Waals surface area contributed by atoms with Crippen LogP contribution in [0.2, 0.25) is 5.02 Å². The van der Waals surface area contributed by atoms with E-state index in [1.165, 1.54) is 11.8 Å². The number of para-hydroxylation sites is 1. The fourth-order valence-corrected chi connectivity index (χ4v) is 3.97. The molecule has 1 saturated heterocycles. The van der Waals surface area contributed by atoms with Crippen molar-refractivity contribution in [2.24, 2.45) is 5.92 Å². The molecule has 2 N–H and O–H groups in total. The van der Waals surface area contributed by atoms with E-state index in [4.69, 9.17) is 16.3 Å². The molecule has 36 heavy (non-hydrogen) atoms. The number of imide groups is 1. The minimum absolute atomic E-state index is 0.00602. The highest BCUT2D eigenvalue weighted by atomic mass is 35.5. The van der Waals surface area contributed by atoms with E-state index in [1.807, 2.05) is 54.6 Å². The number of nitrogens with zero attached hydrogens (tertiary/aromatic N) is 2. The summed E-state index contributed by atoms with van der Waals surface area (Å²) in [6.07, 6.45) is -0.633. The zero-order valence-corrected chi connectivity index (χ0v) is 20.4. The van der Waals surface area contributed by atoms with Crippen LogP contribution in [0.1, 0.15) is 18.9 Å². The molecule has 3 amide bonds. The first-order chi connectivity index (χ1) is 17.3. The van der Waals surface area contributed by atoms with Crippen LogP contribution in [0.25, 0.3) is 0 Å². The fraction of sp³-hybridized carbons (Fsp3) is 0.222. The zero-order chi connectivity index (χ0) is 25.7. The average molecular weight is 508 g/mol. The Balaban J connectivity index is 1.53. The largest absolute Gasteiger partial charge is 0.481 e. The van der Waals surface area contributed by atoms with Gasteiger partial charge in [0.25, 0.3) is 0 Å². The van der Waals surface area contributed by atoms with Crippen molar-refractivity contribution < 1.29 is 24.2 Å². The van der Waals surface area contributed by atoms with Crippen molar-refractivity contribution >= 4 is 35.2 Å². The van der Waals surface area contributed by atoms with Gasteiger partial charge < -0.3 is 15.2 Å². The van der Waals surface area contributed by atoms with E-state index in [1.54, 1.807) is 24.3 Å². The molecule has 1 aliphatic rings. The van der Waals surface area contributed by atoms with Crippen LogP contribution in [0.15, 0.2) is 78.9 Å². The van der Waals surface area contributed by atoms with E-state index < -0.39 is 30.0 Å². The van der Waals surface area contributed by atoms with Gasteiger partial charge >= 0.3 is 12.0 Å². The molecule has 0 radical (unpaired) electrons. The average Bonchev–Trinajstić information content (AvgIpc) is 2.87. The number of hydrogen-bond donors (Lipinski definition) is 2. The van der Waals surface area contributed by atoms with Gasteiger partial charge in [-0.25, -0.2) is 4.79 Å². The van der Waals surface area contributed by atoms with Crippen molar-refractivity contribution in [3.05, 3.63) is 89.4 Å². The first-order valence-corrected chi connectivity index (χ1v) is 11.9. The second-order valence-corrected chi connectivity index (χ2v) is 9.02. The number of carbonyl (C=O) groups excluding carboxylic acids is 2. The Morgan fingerprint density at radius 3 is 2.31 bits per heavy atom. The number of ether oxygens (including phenoxy) is 1. The second kappa shape index (κ2) is 11.1. The summed E-state index contributed by atoms with van der Waals surface area (Å²) in [7, 11) is 0. The van der Waals surface area contributed by atoms with Crippen molar-refractivity contribution in [3.63, 3.8) is 0 Å². The van der Waals surface area contributed by atoms with Crippen LogP contribution in [0.5, 0.6) is 11.5 Å². The van der Waals surface area contributed by atoms with Crippen molar-refractivity contribution in [2.45, 2.75) is 26.1 Å². The Bertz CT molecular complexity index is 1220. The van der Waals surface area contributed by atoms with Crippen LogP contribution >= 0.6 is 11.6 Å². The topological polar surface area (TPSA) is 99.2 Å². The summed E-state index contributed by atoms with van der Waals surface area (Å²) in [5, 5.41) is 13.1. The number of anilines is 1. The molecule has 186 valence electrons. The van der Waals surface area contributed by atoms with Crippen molar-refractivity contribution in [1.82, 2.24) is 9.80 Å². The van der Waals surface area contributed by atoms with Crippen LogP contribution in [0, 0.1) is 5.92 Å². The van der Waals surface area contributed by atoms with Gasteiger partial charge in [-0.05, 0) is 54.1 Å². The lowest BCUT2D eigenvalue weighted by Gasteiger charge is -2.41. The monoisotopic (exact) mass is 507 g/mol. The molecule has 8 nitrogen and oxygen atoms in total. The van der Waals surface area contributed by atoms with Crippen molar-refractivity contribution in [2.75, 3.05) is 11.9 Å². The fourth-order valence-electron chi connectivity index (χ4n) is 3.84. The maximum Gasteiger partial charge on any atom is 0.328 e. The number of aliphatic carboxylic acids is 1. The molecule has 1 unspecified atom stereocenters. The first kappa shape index (κ1) is 25.1. The number of benzene rings is 3. The molecule has 4 rings (SSSR count). The number of rotatable bonds is 9. The third-order valence-electron chi connectivity index (χ3n) is 5.83. The quantitative estimate of drug-likeness (QED) is 0.400. The van der Waals surface area contributed by atoms with Gasteiger partial charge in [0.15, 0.2) is 0 Å². The highest BCUT2D eigenvalue weighted by Crippen LogP contribution is 2.26. The summed E-state index contributed by atoms with van der Waals surface area (Å²) < 4.78 is 5.83. The van der Waals surface area contributed by atoms with Crippen LogP contribution in [-0.2, 0) is 16.1 Å². The van der Waals surface area contributed by atoms with E-state index in [0.717, 1.165) is 10.5 Å². The summed E-state index contributed by atoms with van der Waals surface area (Å²) in [6, 6.07) is 23.2. The maximum atomic E-state index is 13.4. The van der Waals surface area contributed by atoms with E-state index >= 15 is 0 Å². The lowest BCUT2D eigenvalue weighted by molar-refractivity contribution is -0.142. The second-order valence-electron chi connectivity index (χ2n) is 8.58. The minimum atomic E-state index is -1.07. The molecule has 1 heterocycles. The molecule has 0 spiro atoms. The zero-order valence-electron chi connectivity index (χ0n) is 19.6. The third kappa shape index (κ3) is 6.14. The molecule has 3 aromatic carbocycles. The number of carboxylic acid groups (broad SMARTS) is 1. The number of amides is 3. The molecule has 3 aromatic rings. The summed E-state index contributed by atoms with van der Waals surface area (Å²) in [5.41, 5.74) is 1.53. The summed E-state index contributed by atoms with van der Waals surface area (Å²) in [5.74, 6) is -1.02. The van der Waals surface area contributed by atoms with Gasteiger partial charge in [0.05, 0.1) is 12.3 Å². The Morgan fingerprint density at radius 2 is 1.67 bits per heavy atom. The Labute approximate surface area is 214 Å². The SMILES string of the molecule is C[C@@H](CN1C(=O)CC(Nc2ccc(Oc3ccccc3)cc2)N(Cc2ccc(Cl)cc2)C1=O)C(=O)O. The van der Waals surface area contributed by atoms with E-state index in [-0.39, 0.29) is 19.5 Å². The van der Waals surface area contributed by atoms with Crippen molar-refractivity contribution in [3.8, 4) is 11.5 Å². The normalized spacial score (nSPS) is 16.6. The Hall–Kier alpha value is -4.04. The van der Waals surface area contributed by atoms with Gasteiger partial charge in [-0.15, -0.1) is 0 Å². The third-order valence-corrected chi connectivity index (χ3v) is 6.08. The highest BCUT2D eigenvalue weighted by molar-refractivity contribution is 6.30. The standard InChI is InChI=1S/C27H26ClN3O5/c1-18(26(33)34)16-31-25(32)15-24(30(27(31)35)17-19-7-9-20(28)10-8-19)29-21-11-13-23(14-12-21)36-22-5-3-2-4-6-22/h2-14,18,24,29H,15-17H2,1H3,(H,33,34)/t18-,24?/m0/s1. The summed E-state index contributed by atoms with van der Waals surface area (Å²) in [6.45, 7) is 1.49. The van der Waals surface area contributed by atoms with Gasteiger partial charge in [0.1, 0.15) is 17.7 Å².